The lowest BCUT2D eigenvalue weighted by molar-refractivity contribution is -0.384. The van der Waals surface area contributed by atoms with Gasteiger partial charge in [0.15, 0.2) is 5.13 Å². The maximum Gasteiger partial charge on any atom is 0.269 e. The molecule has 0 aliphatic heterocycles. The van der Waals surface area contributed by atoms with E-state index in [1.807, 2.05) is 6.92 Å². The molecule has 0 unspecified atom stereocenters. The molecule has 0 aliphatic carbocycles. The number of hydrogen-bond acceptors (Lipinski definition) is 8. The summed E-state index contributed by atoms with van der Waals surface area (Å²) in [6.07, 6.45) is 1.62. The number of thiocarbonyl (C=S) groups is 1. The third-order valence-corrected chi connectivity index (χ3v) is 5.37. The van der Waals surface area contributed by atoms with E-state index in [4.69, 9.17) is 17.0 Å². The van der Waals surface area contributed by atoms with Crippen molar-refractivity contribution in [2.24, 2.45) is 0 Å². The lowest BCUT2D eigenvalue weighted by Gasteiger charge is -2.17. The van der Waals surface area contributed by atoms with E-state index in [0.29, 0.717) is 28.4 Å². The first-order chi connectivity index (χ1) is 13.0. The monoisotopic (exact) mass is 423 g/mol. The molecule has 0 bridgehead atoms. The van der Waals surface area contributed by atoms with Crippen LogP contribution in [0.25, 0.3) is 11.3 Å². The van der Waals surface area contributed by atoms with Crippen LogP contribution in [0.2, 0.25) is 0 Å². The lowest BCUT2D eigenvalue weighted by Crippen LogP contribution is -2.32. The minimum atomic E-state index is -0.453. The first kappa shape index (κ1) is 21.0. The largest absolute Gasteiger partial charge is 0.479 e. The molecule has 1 aromatic heterocycles. The van der Waals surface area contributed by atoms with Crippen LogP contribution in [0.15, 0.2) is 42.3 Å². The predicted molar refractivity (Wildman–Crippen MR) is 113 cm³/mol. The van der Waals surface area contributed by atoms with Crippen LogP contribution in [0.3, 0.4) is 0 Å². The summed E-state index contributed by atoms with van der Waals surface area (Å²) in [6, 6.07) is 6.11. The van der Waals surface area contributed by atoms with Gasteiger partial charge in [0.25, 0.3) is 5.69 Å². The summed E-state index contributed by atoms with van der Waals surface area (Å²) in [5.74, 6) is -0.0226. The number of nitro groups is 1. The third-order valence-electron chi connectivity index (χ3n) is 3.29. The highest BCUT2D eigenvalue weighted by Gasteiger charge is 2.19. The van der Waals surface area contributed by atoms with Crippen molar-refractivity contribution in [3.8, 4) is 11.3 Å². The second-order valence-electron chi connectivity index (χ2n) is 5.08. The zero-order valence-corrected chi connectivity index (χ0v) is 16.9. The van der Waals surface area contributed by atoms with Gasteiger partial charge in [-0.2, -0.15) is 0 Å². The summed E-state index contributed by atoms with van der Waals surface area (Å²) in [6.45, 7) is 6.29. The second-order valence-corrected chi connectivity index (χ2v) is 7.50. The minimum Gasteiger partial charge on any atom is -0.479 e. The molecule has 0 spiro atoms. The highest BCUT2D eigenvalue weighted by atomic mass is 32.2. The molecule has 0 saturated carbocycles. The van der Waals surface area contributed by atoms with Crippen LogP contribution >= 0.6 is 35.3 Å². The first-order valence-electron chi connectivity index (χ1n) is 7.87. The number of non-ortho nitro benzene ring substituents is 1. The van der Waals surface area contributed by atoms with E-state index in [-0.39, 0.29) is 17.3 Å². The minimum absolute atomic E-state index is 0.0138. The molecule has 7 nitrogen and oxygen atoms in total. The molecular weight excluding hydrogens is 406 g/mol. The molecule has 0 atom stereocenters. The van der Waals surface area contributed by atoms with Gasteiger partial charge in [-0.05, 0) is 31.3 Å². The molecule has 0 fully saturated rings. The summed E-state index contributed by atoms with van der Waals surface area (Å²) in [4.78, 5) is 28.9. The third kappa shape index (κ3) is 5.84. The number of anilines is 1. The van der Waals surface area contributed by atoms with Crippen LogP contribution in [0, 0.1) is 10.1 Å². The molecular formula is C17H17N3O4S3. The van der Waals surface area contributed by atoms with Gasteiger partial charge in [-0.15, -0.1) is 17.9 Å². The van der Waals surface area contributed by atoms with Gasteiger partial charge in [0.1, 0.15) is 0 Å². The fourth-order valence-corrected chi connectivity index (χ4v) is 3.80. The molecule has 0 N–H and O–H groups in total. The summed E-state index contributed by atoms with van der Waals surface area (Å²) in [5.41, 5.74) is 1.39. The van der Waals surface area contributed by atoms with E-state index in [2.05, 4.69) is 11.6 Å². The second kappa shape index (κ2) is 10.1. The summed E-state index contributed by atoms with van der Waals surface area (Å²) < 4.78 is 5.50. The predicted octanol–water partition coefficient (Wildman–Crippen LogP) is 4.29. The molecule has 1 aromatic carbocycles. The summed E-state index contributed by atoms with van der Waals surface area (Å²) in [7, 11) is 0. The number of nitrogens with zero attached hydrogens (tertiary/aromatic N) is 3. The molecule has 1 heterocycles. The molecule has 0 saturated heterocycles. The Labute approximate surface area is 170 Å². The summed E-state index contributed by atoms with van der Waals surface area (Å²) in [5, 5.41) is 13.1. The maximum absolute atomic E-state index is 12.5. The van der Waals surface area contributed by atoms with Gasteiger partial charge in [-0.25, -0.2) is 4.98 Å². The van der Waals surface area contributed by atoms with Gasteiger partial charge in [0, 0.05) is 29.6 Å². The molecule has 2 rings (SSSR count). The van der Waals surface area contributed by atoms with Crippen molar-refractivity contribution in [1.29, 1.82) is 0 Å². The molecule has 10 heteroatoms. The quantitative estimate of drug-likeness (QED) is 0.271. The molecule has 1 amide bonds. The fraction of sp³-hybridized carbons (Fsp3) is 0.235. The average molecular weight is 424 g/mol. The van der Waals surface area contributed by atoms with Crippen LogP contribution in [-0.4, -0.2) is 39.1 Å². The average Bonchev–Trinajstić information content (AvgIpc) is 3.14. The van der Waals surface area contributed by atoms with Gasteiger partial charge in [-0.3, -0.25) is 19.8 Å². The standard InChI is InChI=1S/C17H17N3O4S3/c1-3-9-19(15(21)11-27-17(25)24-4-2)16-18-14(10-26-16)12-5-7-13(8-6-12)20(22)23/h3,5-8,10H,1,4,9,11H2,2H3. The smallest absolute Gasteiger partial charge is 0.269 e. The zero-order valence-electron chi connectivity index (χ0n) is 14.5. The van der Waals surface area contributed by atoms with E-state index in [1.165, 1.54) is 28.4 Å². The lowest BCUT2D eigenvalue weighted by atomic mass is 10.1. The number of rotatable bonds is 8. The SMILES string of the molecule is C=CCN(C(=O)CSC(=S)OCC)c1nc(-c2ccc([N+](=O)[O-])cc2)cs1. The van der Waals surface area contributed by atoms with Crippen molar-refractivity contribution >= 4 is 56.4 Å². The Morgan fingerprint density at radius 1 is 1.48 bits per heavy atom. The van der Waals surface area contributed by atoms with Crippen LogP contribution in [0.4, 0.5) is 10.8 Å². The van der Waals surface area contributed by atoms with Crippen LogP contribution in [-0.2, 0) is 9.53 Å². The van der Waals surface area contributed by atoms with Crippen molar-refractivity contribution < 1.29 is 14.5 Å². The molecule has 0 aliphatic rings. The van der Waals surface area contributed by atoms with E-state index in [9.17, 15) is 14.9 Å². The Morgan fingerprint density at radius 3 is 2.78 bits per heavy atom. The number of carbonyl (C=O) groups excluding carboxylic acids is 1. The number of hydrogen-bond donors (Lipinski definition) is 0. The number of carbonyl (C=O) groups is 1. The Balaban J connectivity index is 2.14. The Morgan fingerprint density at radius 2 is 2.19 bits per heavy atom. The van der Waals surface area contributed by atoms with Gasteiger partial charge in [0.05, 0.1) is 23.0 Å². The van der Waals surface area contributed by atoms with Crippen LogP contribution in [0.5, 0.6) is 0 Å². The number of nitro benzene ring substituents is 1. The van der Waals surface area contributed by atoms with E-state index in [1.54, 1.807) is 23.6 Å². The number of ether oxygens (including phenoxy) is 1. The highest BCUT2D eigenvalue weighted by Crippen LogP contribution is 2.29. The molecule has 0 radical (unpaired) electrons. The van der Waals surface area contributed by atoms with Crippen LogP contribution in [0.1, 0.15) is 6.92 Å². The maximum atomic E-state index is 12.5. The van der Waals surface area contributed by atoms with Crippen molar-refractivity contribution in [2.75, 3.05) is 23.8 Å². The topological polar surface area (TPSA) is 85.6 Å². The number of aromatic nitrogens is 1. The first-order valence-corrected chi connectivity index (χ1v) is 10.1. The molecule has 142 valence electrons. The fourth-order valence-electron chi connectivity index (χ4n) is 2.05. The normalized spacial score (nSPS) is 10.3. The van der Waals surface area contributed by atoms with Gasteiger partial charge in [-0.1, -0.05) is 17.8 Å². The Hall–Kier alpha value is -2.30. The van der Waals surface area contributed by atoms with Crippen LogP contribution < -0.4 is 4.90 Å². The number of amides is 1. The Kier molecular flexibility index (Phi) is 7.89. The van der Waals surface area contributed by atoms with Crippen molar-refractivity contribution in [1.82, 2.24) is 4.98 Å². The van der Waals surface area contributed by atoms with E-state index in [0.717, 1.165) is 17.3 Å². The zero-order chi connectivity index (χ0) is 19.8. The van der Waals surface area contributed by atoms with Gasteiger partial charge < -0.3 is 4.74 Å². The van der Waals surface area contributed by atoms with Gasteiger partial charge in [0.2, 0.25) is 10.3 Å². The molecule has 2 aromatic rings. The Bertz CT molecular complexity index is 836. The number of thiazole rings is 1. The highest BCUT2D eigenvalue weighted by molar-refractivity contribution is 8.23. The van der Waals surface area contributed by atoms with Crippen molar-refractivity contribution in [3.63, 3.8) is 0 Å². The van der Waals surface area contributed by atoms with Crippen molar-refractivity contribution in [3.05, 3.63) is 52.4 Å². The van der Waals surface area contributed by atoms with E-state index >= 15 is 0 Å². The number of thioether (sulfide) groups is 1. The molecule has 27 heavy (non-hydrogen) atoms. The van der Waals surface area contributed by atoms with E-state index < -0.39 is 4.92 Å². The van der Waals surface area contributed by atoms with Crippen molar-refractivity contribution in [2.45, 2.75) is 6.92 Å². The summed E-state index contributed by atoms with van der Waals surface area (Å²) >= 11 is 7.50. The number of benzene rings is 1. The van der Waals surface area contributed by atoms with Gasteiger partial charge >= 0.3 is 0 Å².